The summed E-state index contributed by atoms with van der Waals surface area (Å²) >= 11 is 0. The number of hydrogen-bond donors (Lipinski definition) is 1. The second kappa shape index (κ2) is 7.25. The molecule has 2 rings (SSSR count). The molecule has 2 aliphatic heterocycles. The highest BCUT2D eigenvalue weighted by atomic mass is 16.5. The third kappa shape index (κ3) is 4.46. The van der Waals surface area contributed by atoms with Crippen molar-refractivity contribution in [1.82, 2.24) is 10.2 Å². The van der Waals surface area contributed by atoms with Gasteiger partial charge in [0.25, 0.3) is 0 Å². The molecule has 2 heterocycles. The summed E-state index contributed by atoms with van der Waals surface area (Å²) < 4.78 is 5.60. The van der Waals surface area contributed by atoms with E-state index in [1.54, 1.807) is 0 Å². The predicted octanol–water partition coefficient (Wildman–Crippen LogP) is 1.65. The summed E-state index contributed by atoms with van der Waals surface area (Å²) in [5.74, 6) is 1.54. The van der Waals surface area contributed by atoms with E-state index < -0.39 is 0 Å². The summed E-state index contributed by atoms with van der Waals surface area (Å²) in [4.78, 5) is 14.4. The van der Waals surface area contributed by atoms with E-state index in [0.29, 0.717) is 24.2 Å². The molecule has 1 amide bonds. The third-order valence-electron chi connectivity index (χ3n) is 4.49. The topological polar surface area (TPSA) is 41.6 Å². The molecule has 4 heteroatoms. The van der Waals surface area contributed by atoms with E-state index in [4.69, 9.17) is 4.74 Å². The van der Waals surface area contributed by atoms with Crippen molar-refractivity contribution in [3.8, 4) is 0 Å². The van der Waals surface area contributed by atoms with E-state index in [0.717, 1.165) is 39.2 Å². The van der Waals surface area contributed by atoms with Crippen molar-refractivity contribution in [3.05, 3.63) is 0 Å². The molecule has 2 saturated heterocycles. The normalized spacial score (nSPS) is 27.9. The average Bonchev–Trinajstić information content (AvgIpc) is 2.64. The summed E-state index contributed by atoms with van der Waals surface area (Å²) in [5, 5.41) is 3.39. The van der Waals surface area contributed by atoms with Gasteiger partial charge in [0.1, 0.15) is 0 Å². The van der Waals surface area contributed by atoms with Crippen LogP contribution in [-0.2, 0) is 9.53 Å². The first-order valence-electron chi connectivity index (χ1n) is 7.77. The lowest BCUT2D eigenvalue weighted by atomic mass is 9.84. The van der Waals surface area contributed by atoms with Crippen LogP contribution in [0, 0.1) is 11.8 Å². The number of carbonyl (C=O) groups excluding carboxylic acids is 1. The van der Waals surface area contributed by atoms with Crippen LogP contribution in [0.15, 0.2) is 0 Å². The second-order valence-corrected chi connectivity index (χ2v) is 6.14. The first kappa shape index (κ1) is 14.8. The molecule has 2 atom stereocenters. The summed E-state index contributed by atoms with van der Waals surface area (Å²) in [7, 11) is 0. The van der Waals surface area contributed by atoms with Gasteiger partial charge >= 0.3 is 0 Å². The molecule has 0 aromatic rings. The number of amides is 1. The van der Waals surface area contributed by atoms with Gasteiger partial charge < -0.3 is 15.0 Å². The smallest absolute Gasteiger partial charge is 0.222 e. The number of rotatable bonds is 3. The molecule has 110 valence electrons. The summed E-state index contributed by atoms with van der Waals surface area (Å²) in [6.07, 6.45) is 4.29. The summed E-state index contributed by atoms with van der Waals surface area (Å²) in [6, 6.07) is 0. The highest BCUT2D eigenvalue weighted by molar-refractivity contribution is 5.76. The number of hydrogen-bond acceptors (Lipinski definition) is 3. The molecule has 0 aromatic carbocycles. The first-order chi connectivity index (χ1) is 9.16. The second-order valence-electron chi connectivity index (χ2n) is 6.14. The van der Waals surface area contributed by atoms with Gasteiger partial charge in [-0.25, -0.2) is 0 Å². The van der Waals surface area contributed by atoms with Crippen LogP contribution in [0.5, 0.6) is 0 Å². The van der Waals surface area contributed by atoms with E-state index in [1.807, 2.05) is 4.90 Å². The van der Waals surface area contributed by atoms with Crippen LogP contribution in [0.1, 0.15) is 39.5 Å². The number of carbonyl (C=O) groups is 1. The molecule has 0 bridgehead atoms. The first-order valence-corrected chi connectivity index (χ1v) is 7.77. The van der Waals surface area contributed by atoms with Crippen LogP contribution in [-0.4, -0.2) is 49.7 Å². The molecular formula is C15H28N2O2. The zero-order valence-corrected chi connectivity index (χ0v) is 12.4. The van der Waals surface area contributed by atoms with E-state index in [9.17, 15) is 4.79 Å². The predicted molar refractivity (Wildman–Crippen MR) is 76.0 cm³/mol. The van der Waals surface area contributed by atoms with Gasteiger partial charge in [0, 0.05) is 26.1 Å². The van der Waals surface area contributed by atoms with Crippen molar-refractivity contribution in [2.75, 3.05) is 32.8 Å². The van der Waals surface area contributed by atoms with Gasteiger partial charge in [0.2, 0.25) is 5.91 Å². The Kier molecular flexibility index (Phi) is 5.64. The number of nitrogens with one attached hydrogen (secondary N) is 1. The zero-order valence-electron chi connectivity index (χ0n) is 12.4. The Hall–Kier alpha value is -0.610. The number of piperidine rings is 1. The van der Waals surface area contributed by atoms with Gasteiger partial charge in [-0.2, -0.15) is 0 Å². The Balaban J connectivity index is 1.81. The van der Waals surface area contributed by atoms with E-state index in [-0.39, 0.29) is 6.10 Å². The maximum atomic E-state index is 12.4. The molecule has 19 heavy (non-hydrogen) atoms. The van der Waals surface area contributed by atoms with Crippen LogP contribution < -0.4 is 5.32 Å². The van der Waals surface area contributed by atoms with Gasteiger partial charge in [0.15, 0.2) is 0 Å². The largest absolute Gasteiger partial charge is 0.377 e. The molecule has 0 radical (unpaired) electrons. The molecule has 2 fully saturated rings. The van der Waals surface area contributed by atoms with Gasteiger partial charge in [-0.3, -0.25) is 4.79 Å². The lowest BCUT2D eigenvalue weighted by Gasteiger charge is -2.30. The molecule has 0 spiro atoms. The molecular weight excluding hydrogens is 240 g/mol. The number of ether oxygens (including phenoxy) is 1. The van der Waals surface area contributed by atoms with Crippen LogP contribution in [0.25, 0.3) is 0 Å². The van der Waals surface area contributed by atoms with Gasteiger partial charge in [-0.15, -0.1) is 0 Å². The Morgan fingerprint density at radius 3 is 2.89 bits per heavy atom. The quantitative estimate of drug-likeness (QED) is 0.846. The molecule has 2 aliphatic rings. The maximum absolute atomic E-state index is 12.4. The third-order valence-corrected chi connectivity index (χ3v) is 4.49. The van der Waals surface area contributed by atoms with Crippen molar-refractivity contribution < 1.29 is 9.53 Å². The Morgan fingerprint density at radius 2 is 2.16 bits per heavy atom. The molecule has 0 saturated carbocycles. The van der Waals surface area contributed by atoms with E-state index in [1.165, 1.54) is 12.8 Å². The molecule has 2 unspecified atom stereocenters. The summed E-state index contributed by atoms with van der Waals surface area (Å²) in [5.41, 5.74) is 0. The van der Waals surface area contributed by atoms with Crippen molar-refractivity contribution in [2.45, 2.75) is 45.6 Å². The Morgan fingerprint density at radius 1 is 1.42 bits per heavy atom. The highest BCUT2D eigenvalue weighted by Crippen LogP contribution is 2.25. The van der Waals surface area contributed by atoms with Crippen LogP contribution in [0.4, 0.5) is 0 Å². The molecule has 0 aliphatic carbocycles. The maximum Gasteiger partial charge on any atom is 0.222 e. The minimum absolute atomic E-state index is 0.181. The molecule has 1 N–H and O–H groups in total. The van der Waals surface area contributed by atoms with E-state index in [2.05, 4.69) is 19.2 Å². The fourth-order valence-electron chi connectivity index (χ4n) is 3.21. The van der Waals surface area contributed by atoms with Crippen LogP contribution >= 0.6 is 0 Å². The standard InChI is InChI=1S/C15H28N2O2/c1-12(14-4-6-16-7-5-14)10-15(18)17-8-3-9-19-13(2)11-17/h12-14,16H,3-11H2,1-2H3. The fraction of sp³-hybridized carbons (Fsp3) is 0.933. The minimum atomic E-state index is 0.181. The van der Waals surface area contributed by atoms with Gasteiger partial charge in [-0.1, -0.05) is 6.92 Å². The van der Waals surface area contributed by atoms with Crippen LogP contribution in [0.2, 0.25) is 0 Å². The lowest BCUT2D eigenvalue weighted by molar-refractivity contribution is -0.133. The van der Waals surface area contributed by atoms with E-state index >= 15 is 0 Å². The van der Waals surface area contributed by atoms with Crippen molar-refractivity contribution in [3.63, 3.8) is 0 Å². The van der Waals surface area contributed by atoms with Gasteiger partial charge in [0.05, 0.1) is 6.10 Å². The van der Waals surface area contributed by atoms with Crippen molar-refractivity contribution >= 4 is 5.91 Å². The highest BCUT2D eigenvalue weighted by Gasteiger charge is 2.25. The molecule has 0 aromatic heterocycles. The fourth-order valence-corrected chi connectivity index (χ4v) is 3.21. The average molecular weight is 268 g/mol. The monoisotopic (exact) mass is 268 g/mol. The zero-order chi connectivity index (χ0) is 13.7. The van der Waals surface area contributed by atoms with Crippen LogP contribution in [0.3, 0.4) is 0 Å². The number of nitrogens with zero attached hydrogens (tertiary/aromatic N) is 1. The Bertz CT molecular complexity index is 290. The lowest BCUT2D eigenvalue weighted by Crippen LogP contribution is -2.38. The Labute approximate surface area is 116 Å². The SMILES string of the molecule is CC1CN(C(=O)CC(C)C2CCNCC2)CCCO1. The summed E-state index contributed by atoms with van der Waals surface area (Å²) in [6.45, 7) is 8.93. The molecule has 4 nitrogen and oxygen atoms in total. The van der Waals surface area contributed by atoms with Crippen molar-refractivity contribution in [2.24, 2.45) is 11.8 Å². The van der Waals surface area contributed by atoms with Crippen molar-refractivity contribution in [1.29, 1.82) is 0 Å². The van der Waals surface area contributed by atoms with Gasteiger partial charge in [-0.05, 0) is 51.1 Å². The minimum Gasteiger partial charge on any atom is -0.377 e.